The van der Waals surface area contributed by atoms with Crippen molar-refractivity contribution in [3.05, 3.63) is 40.9 Å². The predicted molar refractivity (Wildman–Crippen MR) is 88.7 cm³/mol. The fourth-order valence-corrected chi connectivity index (χ4v) is 2.33. The summed E-state index contributed by atoms with van der Waals surface area (Å²) in [5.41, 5.74) is 0. The minimum atomic E-state index is -0.108. The first-order chi connectivity index (χ1) is 10.2. The van der Waals surface area contributed by atoms with Crippen LogP contribution in [0.3, 0.4) is 0 Å². The van der Waals surface area contributed by atoms with Gasteiger partial charge in [0.15, 0.2) is 6.61 Å². The molecule has 0 aliphatic carbocycles. The van der Waals surface area contributed by atoms with E-state index in [0.717, 1.165) is 28.3 Å². The van der Waals surface area contributed by atoms with E-state index in [-0.39, 0.29) is 12.5 Å². The monoisotopic (exact) mass is 350 g/mol. The first kappa shape index (κ1) is 15.8. The Labute approximate surface area is 133 Å². The van der Waals surface area contributed by atoms with Crippen molar-refractivity contribution in [1.29, 1.82) is 0 Å². The van der Waals surface area contributed by atoms with Crippen LogP contribution in [0.2, 0.25) is 0 Å². The molecule has 1 amide bonds. The van der Waals surface area contributed by atoms with E-state index < -0.39 is 0 Å². The third-order valence-corrected chi connectivity index (χ3v) is 3.51. The number of hydrogen-bond acceptors (Lipinski definition) is 3. The second-order valence-corrected chi connectivity index (χ2v) is 5.56. The van der Waals surface area contributed by atoms with Crippen LogP contribution < -0.4 is 15.4 Å². The molecular formula is C16H19BrN2O2. The van der Waals surface area contributed by atoms with Crippen molar-refractivity contribution in [3.63, 3.8) is 0 Å². The van der Waals surface area contributed by atoms with Gasteiger partial charge in [0.1, 0.15) is 5.75 Å². The van der Waals surface area contributed by atoms with Crippen molar-refractivity contribution in [3.8, 4) is 5.75 Å². The maximum atomic E-state index is 11.6. The normalized spacial score (nSPS) is 10.6. The molecule has 0 fully saturated rings. The van der Waals surface area contributed by atoms with Gasteiger partial charge < -0.3 is 15.4 Å². The van der Waals surface area contributed by atoms with Gasteiger partial charge in [0, 0.05) is 17.6 Å². The number of fused-ring (bicyclic) bond motifs is 1. The van der Waals surface area contributed by atoms with Gasteiger partial charge in [0.25, 0.3) is 5.91 Å². The van der Waals surface area contributed by atoms with Crippen LogP contribution in [0.15, 0.2) is 40.9 Å². The molecule has 0 aliphatic rings. The zero-order chi connectivity index (χ0) is 15.1. The first-order valence-electron chi connectivity index (χ1n) is 6.98. The Morgan fingerprint density at radius 2 is 1.90 bits per heavy atom. The Balaban J connectivity index is 1.85. The molecule has 21 heavy (non-hydrogen) atoms. The van der Waals surface area contributed by atoms with Crippen LogP contribution in [0.1, 0.15) is 6.92 Å². The standard InChI is InChI=1S/C16H19BrN2O2/c1-2-18-7-8-19-16(20)11-21-15-6-4-12-9-14(17)5-3-13(12)10-15/h3-6,9-10,18H,2,7-8,11H2,1H3,(H,19,20). The van der Waals surface area contributed by atoms with Crippen LogP contribution >= 0.6 is 15.9 Å². The zero-order valence-electron chi connectivity index (χ0n) is 12.0. The highest BCUT2D eigenvalue weighted by atomic mass is 79.9. The first-order valence-corrected chi connectivity index (χ1v) is 7.78. The van der Waals surface area contributed by atoms with Crippen LogP contribution in [0.25, 0.3) is 10.8 Å². The predicted octanol–water partition coefficient (Wildman–Crippen LogP) is 2.71. The summed E-state index contributed by atoms with van der Waals surface area (Å²) in [7, 11) is 0. The molecule has 5 heteroatoms. The van der Waals surface area contributed by atoms with Gasteiger partial charge in [-0.05, 0) is 41.6 Å². The molecule has 2 rings (SSSR count). The molecule has 2 aromatic carbocycles. The fourth-order valence-electron chi connectivity index (χ4n) is 1.95. The largest absolute Gasteiger partial charge is 0.484 e. The molecule has 0 radical (unpaired) electrons. The number of likely N-dealkylation sites (N-methyl/N-ethyl adjacent to an activating group) is 1. The average molecular weight is 351 g/mol. The molecule has 0 bridgehead atoms. The zero-order valence-corrected chi connectivity index (χ0v) is 13.6. The maximum absolute atomic E-state index is 11.6. The average Bonchev–Trinajstić information content (AvgIpc) is 2.49. The molecule has 0 unspecified atom stereocenters. The number of rotatable bonds is 7. The molecule has 0 atom stereocenters. The summed E-state index contributed by atoms with van der Waals surface area (Å²) in [5, 5.41) is 8.16. The van der Waals surface area contributed by atoms with E-state index in [4.69, 9.17) is 4.74 Å². The number of nitrogens with one attached hydrogen (secondary N) is 2. The molecule has 0 saturated carbocycles. The number of hydrogen-bond donors (Lipinski definition) is 2. The number of benzene rings is 2. The van der Waals surface area contributed by atoms with Crippen molar-refractivity contribution in [2.75, 3.05) is 26.2 Å². The minimum absolute atomic E-state index is 0.0359. The van der Waals surface area contributed by atoms with Gasteiger partial charge in [-0.2, -0.15) is 0 Å². The van der Waals surface area contributed by atoms with E-state index in [1.54, 1.807) is 0 Å². The van der Waals surface area contributed by atoms with Gasteiger partial charge in [0.05, 0.1) is 0 Å². The van der Waals surface area contributed by atoms with Gasteiger partial charge in [0.2, 0.25) is 0 Å². The second-order valence-electron chi connectivity index (χ2n) is 4.65. The van der Waals surface area contributed by atoms with Gasteiger partial charge >= 0.3 is 0 Å². The summed E-state index contributed by atoms with van der Waals surface area (Å²) >= 11 is 3.45. The summed E-state index contributed by atoms with van der Waals surface area (Å²) in [4.78, 5) is 11.6. The topological polar surface area (TPSA) is 50.4 Å². The number of amides is 1. The van der Waals surface area contributed by atoms with E-state index >= 15 is 0 Å². The summed E-state index contributed by atoms with van der Waals surface area (Å²) in [5.74, 6) is 0.593. The van der Waals surface area contributed by atoms with Crippen molar-refractivity contribution in [2.24, 2.45) is 0 Å². The number of carbonyl (C=O) groups is 1. The Kier molecular flexibility index (Phi) is 6.02. The number of halogens is 1. The second kappa shape index (κ2) is 8.00. The lowest BCUT2D eigenvalue weighted by atomic mass is 10.1. The smallest absolute Gasteiger partial charge is 0.257 e. The quantitative estimate of drug-likeness (QED) is 0.755. The summed E-state index contributed by atoms with van der Waals surface area (Å²) in [6, 6.07) is 11.8. The van der Waals surface area contributed by atoms with Gasteiger partial charge in [-0.3, -0.25) is 4.79 Å². The lowest BCUT2D eigenvalue weighted by molar-refractivity contribution is -0.123. The highest BCUT2D eigenvalue weighted by Gasteiger charge is 2.03. The van der Waals surface area contributed by atoms with E-state index in [2.05, 4.69) is 26.6 Å². The molecule has 0 aliphatic heterocycles. The molecule has 0 aromatic heterocycles. The lowest BCUT2D eigenvalue weighted by Crippen LogP contribution is -2.34. The van der Waals surface area contributed by atoms with Crippen LogP contribution in [-0.2, 0) is 4.79 Å². The third kappa shape index (κ3) is 5.02. The third-order valence-electron chi connectivity index (χ3n) is 3.02. The fraction of sp³-hybridized carbons (Fsp3) is 0.312. The Morgan fingerprint density at radius 3 is 2.71 bits per heavy atom. The minimum Gasteiger partial charge on any atom is -0.484 e. The number of carbonyl (C=O) groups excluding carboxylic acids is 1. The van der Waals surface area contributed by atoms with E-state index in [1.165, 1.54) is 0 Å². The van der Waals surface area contributed by atoms with Crippen LogP contribution in [0.5, 0.6) is 5.75 Å². The molecule has 112 valence electrons. The summed E-state index contributed by atoms with van der Waals surface area (Å²) in [6.07, 6.45) is 0. The van der Waals surface area contributed by atoms with E-state index in [1.807, 2.05) is 43.3 Å². The molecule has 0 spiro atoms. The van der Waals surface area contributed by atoms with Crippen LogP contribution in [-0.4, -0.2) is 32.1 Å². The molecule has 2 aromatic rings. The van der Waals surface area contributed by atoms with Crippen molar-refractivity contribution in [1.82, 2.24) is 10.6 Å². The number of ether oxygens (including phenoxy) is 1. The van der Waals surface area contributed by atoms with Crippen molar-refractivity contribution >= 4 is 32.6 Å². The molecular weight excluding hydrogens is 332 g/mol. The lowest BCUT2D eigenvalue weighted by Gasteiger charge is -2.08. The Bertz CT molecular complexity index is 616. The SMILES string of the molecule is CCNCCNC(=O)COc1ccc2cc(Br)ccc2c1. The molecule has 0 saturated heterocycles. The highest BCUT2D eigenvalue weighted by Crippen LogP contribution is 2.23. The van der Waals surface area contributed by atoms with Crippen LogP contribution in [0, 0.1) is 0 Å². The van der Waals surface area contributed by atoms with Gasteiger partial charge in [-0.15, -0.1) is 0 Å². The van der Waals surface area contributed by atoms with Crippen LogP contribution in [0.4, 0.5) is 0 Å². The molecule has 2 N–H and O–H groups in total. The van der Waals surface area contributed by atoms with E-state index in [9.17, 15) is 4.79 Å². The summed E-state index contributed by atoms with van der Waals surface area (Å²) in [6.45, 7) is 4.35. The Morgan fingerprint density at radius 1 is 1.14 bits per heavy atom. The van der Waals surface area contributed by atoms with Gasteiger partial charge in [-0.1, -0.05) is 35.0 Å². The molecule has 4 nitrogen and oxygen atoms in total. The molecule has 0 heterocycles. The summed E-state index contributed by atoms with van der Waals surface area (Å²) < 4.78 is 6.56. The Hall–Kier alpha value is -1.59. The highest BCUT2D eigenvalue weighted by molar-refractivity contribution is 9.10. The van der Waals surface area contributed by atoms with Crippen molar-refractivity contribution < 1.29 is 9.53 Å². The van der Waals surface area contributed by atoms with Crippen molar-refractivity contribution in [2.45, 2.75) is 6.92 Å². The van der Waals surface area contributed by atoms with E-state index in [0.29, 0.717) is 12.3 Å². The van der Waals surface area contributed by atoms with Gasteiger partial charge in [-0.25, -0.2) is 0 Å². The maximum Gasteiger partial charge on any atom is 0.257 e.